The average molecular weight is 340 g/mol. The summed E-state index contributed by atoms with van der Waals surface area (Å²) in [4.78, 5) is 34.4. The normalized spacial score (nSPS) is 15.4. The van der Waals surface area contributed by atoms with Crippen LogP contribution in [0.3, 0.4) is 0 Å². The van der Waals surface area contributed by atoms with Crippen LogP contribution in [-0.4, -0.2) is 34.7 Å². The van der Waals surface area contributed by atoms with Crippen molar-refractivity contribution in [2.24, 2.45) is 11.8 Å². The van der Waals surface area contributed by atoms with E-state index >= 15 is 0 Å². The molecule has 6 nitrogen and oxygen atoms in total. The summed E-state index contributed by atoms with van der Waals surface area (Å²) in [5, 5.41) is 18.1. The van der Waals surface area contributed by atoms with E-state index in [0.29, 0.717) is 19.3 Å². The van der Waals surface area contributed by atoms with Crippen LogP contribution in [0.25, 0.3) is 0 Å². The van der Waals surface area contributed by atoms with Gasteiger partial charge in [0.1, 0.15) is 0 Å². The lowest BCUT2D eigenvalue weighted by atomic mass is 9.99. The summed E-state index contributed by atoms with van der Waals surface area (Å²) in [6.45, 7) is 3.40. The van der Waals surface area contributed by atoms with E-state index in [2.05, 4.69) is 0 Å². The smallest absolute Gasteiger partial charge is 0.339 e. The summed E-state index contributed by atoms with van der Waals surface area (Å²) < 4.78 is 35.7. The molecular weight excluding hydrogens is 312 g/mol. The minimum atomic E-state index is -1.64. The van der Waals surface area contributed by atoms with Gasteiger partial charge in [0.25, 0.3) is 0 Å². The predicted molar refractivity (Wildman–Crippen MR) is 88.1 cm³/mol. The van der Waals surface area contributed by atoms with Crippen molar-refractivity contribution in [3.8, 4) is 0 Å². The van der Waals surface area contributed by atoms with Crippen molar-refractivity contribution < 1.29 is 34.8 Å². The van der Waals surface area contributed by atoms with Crippen LogP contribution in [0.5, 0.6) is 0 Å². The Morgan fingerprint density at radius 2 is 1.67 bits per heavy atom. The lowest BCUT2D eigenvalue weighted by Crippen LogP contribution is -2.15. The van der Waals surface area contributed by atoms with E-state index in [1.54, 1.807) is 6.92 Å². The first-order valence-electron chi connectivity index (χ1n) is 9.72. The maximum atomic E-state index is 12.3. The van der Waals surface area contributed by atoms with Crippen molar-refractivity contribution in [3.05, 3.63) is 35.3 Å². The molecule has 2 unspecified atom stereocenters. The highest BCUT2D eigenvalue weighted by Gasteiger charge is 2.18. The van der Waals surface area contributed by atoms with E-state index < -0.39 is 59.1 Å². The molecule has 0 fully saturated rings. The van der Waals surface area contributed by atoms with E-state index in [1.165, 1.54) is 0 Å². The fourth-order valence-electron chi connectivity index (χ4n) is 2.07. The number of hydrogen-bond donors (Lipinski definition) is 2. The van der Waals surface area contributed by atoms with Gasteiger partial charge in [-0.25, -0.2) is 9.59 Å². The molecule has 0 aliphatic rings. The largest absolute Gasteiger partial charge is 0.481 e. The lowest BCUT2D eigenvalue weighted by molar-refractivity contribution is -0.141. The molecular formula is C18H24O6. The molecule has 2 atom stereocenters. The number of carboxylic acids is 2. The molecule has 0 bridgehead atoms. The number of unbranched alkanes of at least 4 members (excludes halogenated alkanes) is 1. The Labute approximate surface area is 147 Å². The molecule has 132 valence electrons. The Hall–Kier alpha value is -2.37. The highest BCUT2D eigenvalue weighted by molar-refractivity contribution is 6.02. The third-order valence-electron chi connectivity index (χ3n) is 3.61. The van der Waals surface area contributed by atoms with Crippen LogP contribution in [-0.2, 0) is 9.53 Å². The van der Waals surface area contributed by atoms with Crippen LogP contribution in [0.2, 0.25) is 0 Å². The van der Waals surface area contributed by atoms with Crippen molar-refractivity contribution in [2.75, 3.05) is 6.61 Å². The topological polar surface area (TPSA) is 101 Å². The predicted octanol–water partition coefficient (Wildman–Crippen LogP) is 3.46. The number of carboxylic acid groups (broad SMARTS) is 2. The van der Waals surface area contributed by atoms with Crippen LogP contribution in [0, 0.1) is 11.8 Å². The quantitative estimate of drug-likeness (QED) is 0.500. The number of aliphatic carboxylic acids is 1. The minimum Gasteiger partial charge on any atom is -0.481 e. The van der Waals surface area contributed by atoms with Gasteiger partial charge in [0, 0.05) is 0 Å². The molecule has 0 saturated carbocycles. The fourth-order valence-corrected chi connectivity index (χ4v) is 2.07. The average Bonchev–Trinajstić information content (AvgIpc) is 2.63. The summed E-state index contributed by atoms with van der Waals surface area (Å²) >= 11 is 0. The highest BCUT2D eigenvalue weighted by Crippen LogP contribution is 2.15. The number of rotatable bonds is 10. The van der Waals surface area contributed by atoms with Crippen LogP contribution in [0.1, 0.15) is 65.7 Å². The van der Waals surface area contributed by atoms with Crippen LogP contribution >= 0.6 is 0 Å². The first kappa shape index (κ1) is 14.0. The van der Waals surface area contributed by atoms with Gasteiger partial charge in [-0.15, -0.1) is 0 Å². The van der Waals surface area contributed by atoms with Crippen molar-refractivity contribution in [3.63, 3.8) is 0 Å². The van der Waals surface area contributed by atoms with Gasteiger partial charge in [-0.05, 0) is 30.8 Å². The van der Waals surface area contributed by atoms with Gasteiger partial charge in [-0.3, -0.25) is 4.79 Å². The zero-order valence-corrected chi connectivity index (χ0v) is 13.7. The van der Waals surface area contributed by atoms with E-state index in [0.717, 1.165) is 6.42 Å². The standard InChI is InChI=1S/C18H24O6/c1-12(7-3-4-8-13(2)16(19)20)11-24-18(23)15-10-6-5-9-14(15)17(21)22/h5-6,9-10,12-13H,3-4,7-8,11H2,1-2H3,(H,19,20)(H,21,22)/i5D,6D,9D,10D. The van der Waals surface area contributed by atoms with Gasteiger partial charge < -0.3 is 14.9 Å². The highest BCUT2D eigenvalue weighted by atomic mass is 16.5. The molecule has 0 saturated heterocycles. The maximum absolute atomic E-state index is 12.3. The monoisotopic (exact) mass is 340 g/mol. The van der Waals surface area contributed by atoms with Crippen LogP contribution < -0.4 is 0 Å². The molecule has 0 aliphatic carbocycles. The third kappa shape index (κ3) is 6.40. The van der Waals surface area contributed by atoms with E-state index in [-0.39, 0.29) is 12.5 Å². The number of benzene rings is 1. The Morgan fingerprint density at radius 3 is 2.25 bits per heavy atom. The van der Waals surface area contributed by atoms with E-state index in [4.69, 9.17) is 15.3 Å². The van der Waals surface area contributed by atoms with Gasteiger partial charge >= 0.3 is 17.9 Å². The summed E-state index contributed by atoms with van der Waals surface area (Å²) in [6, 6.07) is -3.00. The Balaban J connectivity index is 2.74. The molecule has 0 aromatic heterocycles. The fraction of sp³-hybridized carbons (Fsp3) is 0.500. The third-order valence-corrected chi connectivity index (χ3v) is 3.61. The maximum Gasteiger partial charge on any atom is 0.339 e. The van der Waals surface area contributed by atoms with E-state index in [1.807, 2.05) is 6.92 Å². The van der Waals surface area contributed by atoms with E-state index in [9.17, 15) is 19.5 Å². The first-order valence-corrected chi connectivity index (χ1v) is 7.72. The van der Waals surface area contributed by atoms with Crippen LogP contribution in [0.4, 0.5) is 0 Å². The second-order valence-corrected chi connectivity index (χ2v) is 5.78. The van der Waals surface area contributed by atoms with Gasteiger partial charge in [0.2, 0.25) is 0 Å². The minimum absolute atomic E-state index is 0.0465. The molecule has 0 radical (unpaired) electrons. The van der Waals surface area contributed by atoms with Crippen LogP contribution in [0.15, 0.2) is 24.2 Å². The summed E-state index contributed by atoms with van der Waals surface area (Å²) in [5.74, 6) is -4.09. The molecule has 1 aromatic rings. The zero-order chi connectivity index (χ0) is 21.6. The second-order valence-electron chi connectivity index (χ2n) is 5.78. The number of carbonyl (C=O) groups excluding carboxylic acids is 1. The van der Waals surface area contributed by atoms with Crippen molar-refractivity contribution >= 4 is 17.9 Å². The molecule has 6 heteroatoms. The lowest BCUT2D eigenvalue weighted by Gasteiger charge is -2.13. The SMILES string of the molecule is [2H]c1c([2H])c([2H])c(C(=O)OCC(C)CCCCC(C)C(=O)O)c(C(=O)O)c1[2H]. The molecule has 0 heterocycles. The van der Waals surface area contributed by atoms with Crippen molar-refractivity contribution in [1.82, 2.24) is 0 Å². The number of carbonyl (C=O) groups is 3. The number of esters is 1. The van der Waals surface area contributed by atoms with Gasteiger partial charge in [-0.1, -0.05) is 38.8 Å². The van der Waals surface area contributed by atoms with Gasteiger partial charge in [0.15, 0.2) is 0 Å². The second kappa shape index (κ2) is 9.70. The molecule has 2 N–H and O–H groups in total. The summed E-state index contributed by atoms with van der Waals surface area (Å²) in [6.07, 6.45) is 2.66. The Kier molecular flexibility index (Phi) is 5.66. The summed E-state index contributed by atoms with van der Waals surface area (Å²) in [5.41, 5.74) is -1.51. The molecule has 0 aliphatic heterocycles. The first-order chi connectivity index (χ1) is 13.0. The molecule has 1 aromatic carbocycles. The Morgan fingerprint density at radius 1 is 1.08 bits per heavy atom. The summed E-state index contributed by atoms with van der Waals surface area (Å²) in [7, 11) is 0. The van der Waals surface area contributed by atoms with Gasteiger partial charge in [0.05, 0.1) is 29.1 Å². The van der Waals surface area contributed by atoms with Gasteiger partial charge in [-0.2, -0.15) is 0 Å². The number of aromatic carboxylic acids is 1. The number of hydrogen-bond acceptors (Lipinski definition) is 4. The molecule has 0 amide bonds. The van der Waals surface area contributed by atoms with Crippen molar-refractivity contribution in [1.29, 1.82) is 0 Å². The zero-order valence-electron chi connectivity index (χ0n) is 17.7. The Bertz CT molecular complexity index is 765. The molecule has 24 heavy (non-hydrogen) atoms. The molecule has 1 rings (SSSR count). The molecule has 0 spiro atoms. The number of ether oxygens (including phenoxy) is 1. The van der Waals surface area contributed by atoms with Crippen molar-refractivity contribution in [2.45, 2.75) is 39.5 Å².